The maximum atomic E-state index is 12.7. The third-order valence-corrected chi connectivity index (χ3v) is 11.8. The highest BCUT2D eigenvalue weighted by Gasteiger charge is 2.26. The smallest absolute Gasteiger partial charge is 0.462 e. The van der Waals surface area contributed by atoms with Crippen LogP contribution in [0.2, 0.25) is 0 Å². The summed E-state index contributed by atoms with van der Waals surface area (Å²) < 4.78 is 32.9. The van der Waals surface area contributed by atoms with Crippen LogP contribution < -0.4 is 5.73 Å². The molecule has 0 heterocycles. The standard InChI is InChI=1S/C59H98NO8P/c1-3-5-7-9-11-13-15-17-19-21-23-25-26-27-28-29-30-32-34-36-38-40-42-44-46-48-50-52-59(62)68-57(56-67-69(63,64)66-54-53-60)55-65-58(61)51-49-47-45-43-41-39-37-35-33-31-24-22-20-18-16-14-12-10-8-6-4-2/h5,7,11,13,16-19,22-25,27-28,30,32,36,38,42,44,57H,3-4,6,8-10,12,14-15,20-21,26,29,31,33-35,37,39-41,43,45-56,60H2,1-2H3,(H,63,64)/b7-5-,13-11-,18-16-,19-17-,24-22-,25-23-,28-27-,32-30-,38-36-,44-42-. The summed E-state index contributed by atoms with van der Waals surface area (Å²) in [4.78, 5) is 35.1. The lowest BCUT2D eigenvalue weighted by atomic mass is 10.1. The second kappa shape index (κ2) is 53.8. The van der Waals surface area contributed by atoms with Crippen LogP contribution in [0.5, 0.6) is 0 Å². The summed E-state index contributed by atoms with van der Waals surface area (Å²) in [6.45, 7) is 3.55. The Kier molecular flexibility index (Phi) is 51.0. The average molecular weight is 980 g/mol. The molecular weight excluding hydrogens is 882 g/mol. The summed E-state index contributed by atoms with van der Waals surface area (Å²) >= 11 is 0. The maximum Gasteiger partial charge on any atom is 0.472 e. The molecule has 0 aromatic heterocycles. The summed E-state index contributed by atoms with van der Waals surface area (Å²) in [7, 11) is -4.41. The Bertz CT molecular complexity index is 1540. The number of nitrogens with two attached hydrogens (primary N) is 1. The summed E-state index contributed by atoms with van der Waals surface area (Å²) in [6, 6.07) is 0. The third-order valence-electron chi connectivity index (χ3n) is 10.8. The number of ether oxygens (including phenoxy) is 2. The van der Waals surface area contributed by atoms with E-state index in [2.05, 4.69) is 135 Å². The SMILES string of the molecule is CC/C=C\C/C=C\C/C=C\C/C=C\C/C=C\C/C=C\C/C=C\C/C=C\CCCCC(=O)OC(COC(=O)CCCCCCCCCCC/C=C\C/C=C\CCCCCCC)COP(=O)(O)OCCN. The summed E-state index contributed by atoms with van der Waals surface area (Å²) in [5.74, 6) is -0.892. The number of phosphoric ester groups is 1. The van der Waals surface area contributed by atoms with E-state index < -0.39 is 32.5 Å². The van der Waals surface area contributed by atoms with Crippen LogP contribution in [0, 0.1) is 0 Å². The van der Waals surface area contributed by atoms with E-state index in [1.807, 2.05) is 0 Å². The number of allylic oxidation sites excluding steroid dienone is 20. The predicted octanol–water partition coefficient (Wildman–Crippen LogP) is 16.8. The van der Waals surface area contributed by atoms with Crippen molar-refractivity contribution < 1.29 is 37.6 Å². The zero-order valence-corrected chi connectivity index (χ0v) is 44.4. The molecule has 0 spiro atoms. The minimum absolute atomic E-state index is 0.0386. The van der Waals surface area contributed by atoms with E-state index in [9.17, 15) is 19.0 Å². The Morgan fingerprint density at radius 2 is 0.797 bits per heavy atom. The van der Waals surface area contributed by atoms with Crippen molar-refractivity contribution in [1.29, 1.82) is 0 Å². The van der Waals surface area contributed by atoms with E-state index in [4.69, 9.17) is 24.3 Å². The molecule has 0 bridgehead atoms. The first-order valence-corrected chi connectivity index (χ1v) is 28.5. The minimum atomic E-state index is -4.41. The van der Waals surface area contributed by atoms with E-state index in [-0.39, 0.29) is 32.6 Å². The van der Waals surface area contributed by atoms with Crippen molar-refractivity contribution in [2.75, 3.05) is 26.4 Å². The number of hydrogen-bond donors (Lipinski definition) is 2. The van der Waals surface area contributed by atoms with Gasteiger partial charge < -0.3 is 20.1 Å². The Hall–Kier alpha value is -3.59. The minimum Gasteiger partial charge on any atom is -0.462 e. The molecule has 0 aliphatic heterocycles. The van der Waals surface area contributed by atoms with Crippen LogP contribution >= 0.6 is 7.82 Å². The molecule has 10 heteroatoms. The highest BCUT2D eigenvalue weighted by atomic mass is 31.2. The lowest BCUT2D eigenvalue weighted by Gasteiger charge is -2.19. The molecule has 0 aromatic carbocycles. The van der Waals surface area contributed by atoms with E-state index in [0.717, 1.165) is 96.3 Å². The topological polar surface area (TPSA) is 134 Å². The molecule has 0 rings (SSSR count). The van der Waals surface area contributed by atoms with Gasteiger partial charge in [0.2, 0.25) is 0 Å². The van der Waals surface area contributed by atoms with Crippen molar-refractivity contribution in [3.05, 3.63) is 122 Å². The quantitative estimate of drug-likeness (QED) is 0.0264. The van der Waals surface area contributed by atoms with Gasteiger partial charge in [0, 0.05) is 19.4 Å². The normalized spacial score (nSPS) is 14.1. The molecule has 69 heavy (non-hydrogen) atoms. The van der Waals surface area contributed by atoms with Crippen LogP contribution in [-0.4, -0.2) is 49.3 Å². The van der Waals surface area contributed by atoms with Crippen molar-refractivity contribution in [3.8, 4) is 0 Å². The van der Waals surface area contributed by atoms with Crippen molar-refractivity contribution in [1.82, 2.24) is 0 Å². The Morgan fingerprint density at radius 1 is 0.449 bits per heavy atom. The van der Waals surface area contributed by atoms with Gasteiger partial charge in [0.25, 0.3) is 0 Å². The Labute approximate surface area is 421 Å². The van der Waals surface area contributed by atoms with Gasteiger partial charge in [-0.25, -0.2) is 4.57 Å². The number of hydrogen-bond acceptors (Lipinski definition) is 8. The van der Waals surface area contributed by atoms with Gasteiger partial charge >= 0.3 is 19.8 Å². The van der Waals surface area contributed by atoms with Crippen LogP contribution in [-0.2, 0) is 32.7 Å². The zero-order valence-electron chi connectivity index (χ0n) is 43.5. The molecular formula is C59H98NO8P. The molecule has 3 N–H and O–H groups in total. The van der Waals surface area contributed by atoms with Crippen molar-refractivity contribution in [3.63, 3.8) is 0 Å². The molecule has 2 unspecified atom stereocenters. The number of rotatable bonds is 49. The van der Waals surface area contributed by atoms with Gasteiger partial charge in [-0.1, -0.05) is 206 Å². The van der Waals surface area contributed by atoms with Crippen molar-refractivity contribution in [2.45, 2.75) is 213 Å². The molecule has 392 valence electrons. The fourth-order valence-electron chi connectivity index (χ4n) is 6.86. The van der Waals surface area contributed by atoms with Gasteiger partial charge in [-0.15, -0.1) is 0 Å². The van der Waals surface area contributed by atoms with Crippen LogP contribution in [0.1, 0.15) is 206 Å². The van der Waals surface area contributed by atoms with E-state index in [1.165, 1.54) is 70.6 Å². The van der Waals surface area contributed by atoms with Crippen molar-refractivity contribution >= 4 is 19.8 Å². The molecule has 0 saturated carbocycles. The third kappa shape index (κ3) is 53.6. The summed E-state index contributed by atoms with van der Waals surface area (Å²) in [5.41, 5.74) is 5.37. The highest BCUT2D eigenvalue weighted by Crippen LogP contribution is 2.43. The molecule has 0 fully saturated rings. The van der Waals surface area contributed by atoms with Crippen LogP contribution in [0.25, 0.3) is 0 Å². The molecule has 9 nitrogen and oxygen atoms in total. The largest absolute Gasteiger partial charge is 0.472 e. The van der Waals surface area contributed by atoms with Gasteiger partial charge in [-0.2, -0.15) is 0 Å². The van der Waals surface area contributed by atoms with E-state index in [0.29, 0.717) is 12.8 Å². The molecule has 0 amide bonds. The summed E-state index contributed by atoms with van der Waals surface area (Å²) in [5, 5.41) is 0. The molecule has 0 aliphatic carbocycles. The van der Waals surface area contributed by atoms with Gasteiger partial charge in [0.05, 0.1) is 13.2 Å². The van der Waals surface area contributed by atoms with Gasteiger partial charge in [0.1, 0.15) is 6.61 Å². The number of phosphoric acid groups is 1. The number of carbonyl (C=O) groups excluding carboxylic acids is 2. The summed E-state index contributed by atoms with van der Waals surface area (Å²) in [6.07, 6.45) is 73.8. The molecule has 0 radical (unpaired) electrons. The molecule has 0 aliphatic rings. The lowest BCUT2D eigenvalue weighted by molar-refractivity contribution is -0.161. The fraction of sp³-hybridized carbons (Fsp3) is 0.627. The Morgan fingerprint density at radius 3 is 1.22 bits per heavy atom. The lowest BCUT2D eigenvalue weighted by Crippen LogP contribution is -2.29. The van der Waals surface area contributed by atoms with Crippen molar-refractivity contribution in [2.24, 2.45) is 5.73 Å². The first-order chi connectivity index (χ1) is 33.8. The second-order valence-corrected chi connectivity index (χ2v) is 18.8. The molecule has 0 aromatic rings. The molecule has 0 saturated heterocycles. The van der Waals surface area contributed by atoms with Crippen LogP contribution in [0.4, 0.5) is 0 Å². The monoisotopic (exact) mass is 980 g/mol. The highest BCUT2D eigenvalue weighted by molar-refractivity contribution is 7.47. The number of esters is 2. The van der Waals surface area contributed by atoms with Gasteiger partial charge in [0.15, 0.2) is 6.10 Å². The Balaban J connectivity index is 4.17. The van der Waals surface area contributed by atoms with Gasteiger partial charge in [-0.3, -0.25) is 18.6 Å². The second-order valence-electron chi connectivity index (χ2n) is 17.4. The predicted molar refractivity (Wildman–Crippen MR) is 293 cm³/mol. The van der Waals surface area contributed by atoms with Crippen LogP contribution in [0.15, 0.2) is 122 Å². The van der Waals surface area contributed by atoms with Gasteiger partial charge in [-0.05, 0) is 109 Å². The number of unbranched alkanes of at least 4 members (excludes halogenated alkanes) is 16. The molecule has 2 atom stereocenters. The first kappa shape index (κ1) is 65.4. The zero-order chi connectivity index (χ0) is 50.2. The first-order valence-electron chi connectivity index (χ1n) is 27.0. The van der Waals surface area contributed by atoms with Crippen LogP contribution in [0.3, 0.4) is 0 Å². The fourth-order valence-corrected chi connectivity index (χ4v) is 7.62. The van der Waals surface area contributed by atoms with E-state index in [1.54, 1.807) is 0 Å². The number of carbonyl (C=O) groups is 2. The van der Waals surface area contributed by atoms with E-state index >= 15 is 0 Å². The maximum absolute atomic E-state index is 12.7. The average Bonchev–Trinajstić information content (AvgIpc) is 3.34.